The fourth-order valence-corrected chi connectivity index (χ4v) is 1.44. The first-order valence-corrected chi connectivity index (χ1v) is 5.79. The van der Waals surface area contributed by atoms with Crippen LogP contribution >= 0.6 is 0 Å². The highest BCUT2D eigenvalue weighted by Gasteiger charge is 2.05. The number of amides is 2. The first-order valence-electron chi connectivity index (χ1n) is 5.79. The van der Waals surface area contributed by atoms with Crippen molar-refractivity contribution >= 4 is 17.5 Å². The quantitative estimate of drug-likeness (QED) is 0.820. The van der Waals surface area contributed by atoms with Crippen molar-refractivity contribution in [2.45, 2.75) is 26.2 Å². The average Bonchev–Trinajstić information content (AvgIpc) is 2.35. The van der Waals surface area contributed by atoms with Gasteiger partial charge in [0.15, 0.2) is 0 Å². The number of carbonyl (C=O) groups is 2. The zero-order chi connectivity index (χ0) is 12.7. The van der Waals surface area contributed by atoms with Crippen molar-refractivity contribution in [3.05, 3.63) is 29.8 Å². The lowest BCUT2D eigenvalue weighted by atomic mass is 10.2. The summed E-state index contributed by atoms with van der Waals surface area (Å²) in [5.41, 5.74) is 1.20. The van der Waals surface area contributed by atoms with Gasteiger partial charge < -0.3 is 10.6 Å². The Morgan fingerprint density at radius 3 is 2.71 bits per heavy atom. The van der Waals surface area contributed by atoms with Crippen LogP contribution in [0.25, 0.3) is 0 Å². The summed E-state index contributed by atoms with van der Waals surface area (Å²) in [7, 11) is 1.58. The van der Waals surface area contributed by atoms with Crippen molar-refractivity contribution < 1.29 is 9.59 Å². The van der Waals surface area contributed by atoms with Gasteiger partial charge in [0.25, 0.3) is 5.91 Å². The van der Waals surface area contributed by atoms with E-state index in [0.717, 1.165) is 12.8 Å². The minimum absolute atomic E-state index is 0.0130. The lowest BCUT2D eigenvalue weighted by molar-refractivity contribution is -0.116. The summed E-state index contributed by atoms with van der Waals surface area (Å²) >= 11 is 0. The van der Waals surface area contributed by atoms with Crippen LogP contribution < -0.4 is 10.6 Å². The number of anilines is 1. The molecule has 1 aromatic carbocycles. The molecular formula is C13H18N2O2. The molecule has 0 unspecified atom stereocenters. The maximum Gasteiger partial charge on any atom is 0.251 e. The molecule has 0 spiro atoms. The van der Waals surface area contributed by atoms with Crippen LogP contribution in [0.4, 0.5) is 5.69 Å². The summed E-state index contributed by atoms with van der Waals surface area (Å²) in [5.74, 6) is -0.171. The SMILES string of the molecule is CCCCC(=O)Nc1cccc(C(=O)NC)c1. The minimum Gasteiger partial charge on any atom is -0.355 e. The fraction of sp³-hybridized carbons (Fsp3) is 0.385. The molecule has 0 bridgehead atoms. The predicted octanol–water partition coefficient (Wildman–Crippen LogP) is 2.17. The van der Waals surface area contributed by atoms with Gasteiger partial charge in [-0.05, 0) is 24.6 Å². The van der Waals surface area contributed by atoms with Crippen molar-refractivity contribution in [1.82, 2.24) is 5.32 Å². The van der Waals surface area contributed by atoms with Gasteiger partial charge in [-0.3, -0.25) is 9.59 Å². The largest absolute Gasteiger partial charge is 0.355 e. The summed E-state index contributed by atoms with van der Waals surface area (Å²) in [6.45, 7) is 2.04. The molecule has 0 saturated carbocycles. The average molecular weight is 234 g/mol. The van der Waals surface area contributed by atoms with Gasteiger partial charge in [-0.1, -0.05) is 19.4 Å². The van der Waals surface area contributed by atoms with Gasteiger partial charge in [0.05, 0.1) is 0 Å². The molecule has 0 atom stereocenters. The first kappa shape index (κ1) is 13.2. The van der Waals surface area contributed by atoms with Gasteiger partial charge in [0, 0.05) is 24.7 Å². The second-order valence-electron chi connectivity index (χ2n) is 3.81. The van der Waals surface area contributed by atoms with Crippen LogP contribution in [0, 0.1) is 0 Å². The normalized spacial score (nSPS) is 9.76. The van der Waals surface area contributed by atoms with Gasteiger partial charge in [0.1, 0.15) is 0 Å². The molecule has 92 valence electrons. The number of carbonyl (C=O) groups excluding carboxylic acids is 2. The maximum absolute atomic E-state index is 11.5. The van der Waals surface area contributed by atoms with Crippen LogP contribution in [0.15, 0.2) is 24.3 Å². The van der Waals surface area contributed by atoms with E-state index >= 15 is 0 Å². The van der Waals surface area contributed by atoms with E-state index in [4.69, 9.17) is 0 Å². The molecule has 0 aliphatic rings. The number of nitrogens with one attached hydrogen (secondary N) is 2. The zero-order valence-electron chi connectivity index (χ0n) is 10.2. The molecule has 0 fully saturated rings. The summed E-state index contributed by atoms with van der Waals surface area (Å²) in [6.07, 6.45) is 2.38. The molecular weight excluding hydrogens is 216 g/mol. The van der Waals surface area contributed by atoms with Crippen molar-refractivity contribution in [3.63, 3.8) is 0 Å². The molecule has 4 heteroatoms. The maximum atomic E-state index is 11.5. The fourth-order valence-electron chi connectivity index (χ4n) is 1.44. The monoisotopic (exact) mass is 234 g/mol. The summed E-state index contributed by atoms with van der Waals surface area (Å²) in [5, 5.41) is 5.32. The third kappa shape index (κ3) is 4.26. The third-order valence-corrected chi connectivity index (χ3v) is 2.39. The van der Waals surface area contributed by atoms with E-state index < -0.39 is 0 Å². The standard InChI is InChI=1S/C13H18N2O2/c1-3-4-8-12(16)15-11-7-5-6-10(9-11)13(17)14-2/h5-7,9H,3-4,8H2,1-2H3,(H,14,17)(H,15,16). The van der Waals surface area contributed by atoms with Gasteiger partial charge in [-0.15, -0.1) is 0 Å². The van der Waals surface area contributed by atoms with Crippen LogP contribution in [0.5, 0.6) is 0 Å². The van der Waals surface area contributed by atoms with E-state index in [1.165, 1.54) is 0 Å². The molecule has 2 N–H and O–H groups in total. The van der Waals surface area contributed by atoms with Crippen molar-refractivity contribution in [2.24, 2.45) is 0 Å². The minimum atomic E-state index is -0.158. The summed E-state index contributed by atoms with van der Waals surface area (Å²) in [6, 6.07) is 6.90. The predicted molar refractivity (Wildman–Crippen MR) is 68.0 cm³/mol. The van der Waals surface area contributed by atoms with E-state index in [1.54, 1.807) is 31.3 Å². The lowest BCUT2D eigenvalue weighted by Gasteiger charge is -2.06. The van der Waals surface area contributed by atoms with E-state index in [-0.39, 0.29) is 11.8 Å². The topological polar surface area (TPSA) is 58.2 Å². The van der Waals surface area contributed by atoms with Gasteiger partial charge in [0.2, 0.25) is 5.91 Å². The number of benzene rings is 1. The molecule has 0 aliphatic carbocycles. The van der Waals surface area contributed by atoms with Gasteiger partial charge >= 0.3 is 0 Å². The number of hydrogen-bond donors (Lipinski definition) is 2. The summed E-state index contributed by atoms with van der Waals surface area (Å²) < 4.78 is 0. The highest BCUT2D eigenvalue weighted by molar-refractivity contribution is 5.97. The zero-order valence-corrected chi connectivity index (χ0v) is 10.2. The molecule has 17 heavy (non-hydrogen) atoms. The first-order chi connectivity index (χ1) is 8.17. The van der Waals surface area contributed by atoms with Crippen LogP contribution in [0.2, 0.25) is 0 Å². The molecule has 2 amide bonds. The van der Waals surface area contributed by atoms with Crippen LogP contribution in [0.3, 0.4) is 0 Å². The second kappa shape index (κ2) is 6.68. The smallest absolute Gasteiger partial charge is 0.251 e. The Morgan fingerprint density at radius 1 is 1.29 bits per heavy atom. The van der Waals surface area contributed by atoms with Crippen molar-refractivity contribution in [1.29, 1.82) is 0 Å². The number of unbranched alkanes of at least 4 members (excludes halogenated alkanes) is 1. The molecule has 1 aromatic rings. The highest BCUT2D eigenvalue weighted by atomic mass is 16.2. The van der Waals surface area contributed by atoms with Crippen LogP contribution in [-0.2, 0) is 4.79 Å². The van der Waals surface area contributed by atoms with E-state index in [1.807, 2.05) is 6.92 Å². The van der Waals surface area contributed by atoms with Crippen LogP contribution in [-0.4, -0.2) is 18.9 Å². The Hall–Kier alpha value is -1.84. The van der Waals surface area contributed by atoms with E-state index in [9.17, 15) is 9.59 Å². The van der Waals surface area contributed by atoms with Gasteiger partial charge in [-0.25, -0.2) is 0 Å². The molecule has 0 aliphatic heterocycles. The highest BCUT2D eigenvalue weighted by Crippen LogP contribution is 2.11. The van der Waals surface area contributed by atoms with Crippen molar-refractivity contribution in [3.8, 4) is 0 Å². The van der Waals surface area contributed by atoms with Crippen molar-refractivity contribution in [2.75, 3.05) is 12.4 Å². The Bertz CT molecular complexity index is 402. The van der Waals surface area contributed by atoms with E-state index in [2.05, 4.69) is 10.6 Å². The number of hydrogen-bond acceptors (Lipinski definition) is 2. The Kier molecular flexibility index (Phi) is 5.20. The Balaban J connectivity index is 2.65. The lowest BCUT2D eigenvalue weighted by Crippen LogP contribution is -2.18. The molecule has 0 aromatic heterocycles. The van der Waals surface area contributed by atoms with Gasteiger partial charge in [-0.2, -0.15) is 0 Å². The van der Waals surface area contributed by atoms with E-state index in [0.29, 0.717) is 17.7 Å². The van der Waals surface area contributed by atoms with Crippen LogP contribution in [0.1, 0.15) is 36.5 Å². The molecule has 0 heterocycles. The molecule has 0 radical (unpaired) electrons. The second-order valence-corrected chi connectivity index (χ2v) is 3.81. The Morgan fingerprint density at radius 2 is 2.06 bits per heavy atom. The Labute approximate surface area is 101 Å². The number of rotatable bonds is 5. The molecule has 4 nitrogen and oxygen atoms in total. The molecule has 1 rings (SSSR count). The molecule has 0 saturated heterocycles. The third-order valence-electron chi connectivity index (χ3n) is 2.39. The summed E-state index contributed by atoms with van der Waals surface area (Å²) in [4.78, 5) is 22.9.